The molecule has 23 heavy (non-hydrogen) atoms. The van der Waals surface area contributed by atoms with Crippen LogP contribution in [0.3, 0.4) is 0 Å². The normalized spacial score (nSPS) is 12.4. The molecule has 0 saturated carbocycles. The molecule has 0 saturated heterocycles. The van der Waals surface area contributed by atoms with Crippen LogP contribution < -0.4 is 9.30 Å². The van der Waals surface area contributed by atoms with Crippen molar-refractivity contribution in [3.63, 3.8) is 0 Å². The highest BCUT2D eigenvalue weighted by atomic mass is 16.5. The number of hydrogen-bond acceptors (Lipinski definition) is 1. The van der Waals surface area contributed by atoms with Crippen molar-refractivity contribution in [2.75, 3.05) is 7.11 Å². The van der Waals surface area contributed by atoms with Crippen LogP contribution in [0.1, 0.15) is 53.9 Å². The fourth-order valence-electron chi connectivity index (χ4n) is 3.26. The van der Waals surface area contributed by atoms with Crippen LogP contribution in [0.25, 0.3) is 5.69 Å². The van der Waals surface area contributed by atoms with E-state index in [1.807, 2.05) is 12.1 Å². The lowest BCUT2D eigenvalue weighted by Crippen LogP contribution is -2.53. The molecule has 3 heteroatoms. The third-order valence-electron chi connectivity index (χ3n) is 5.27. The van der Waals surface area contributed by atoms with Gasteiger partial charge in [-0.3, -0.25) is 0 Å². The summed E-state index contributed by atoms with van der Waals surface area (Å²) in [7, 11) is 1.69. The number of nitrogens with zero attached hydrogens (tertiary/aromatic N) is 2. The van der Waals surface area contributed by atoms with Gasteiger partial charge in [0.15, 0.2) is 0 Å². The predicted molar refractivity (Wildman–Crippen MR) is 95.1 cm³/mol. The molecule has 0 fully saturated rings. The first kappa shape index (κ1) is 17.6. The second-order valence-electron chi connectivity index (χ2n) is 7.43. The summed E-state index contributed by atoms with van der Waals surface area (Å²) in [6.45, 7) is 11.7. The zero-order valence-corrected chi connectivity index (χ0v) is 15.5. The molecule has 0 atom stereocenters. The number of rotatable bonds is 7. The second-order valence-corrected chi connectivity index (χ2v) is 7.43. The van der Waals surface area contributed by atoms with Crippen LogP contribution >= 0.6 is 0 Å². The van der Waals surface area contributed by atoms with Crippen molar-refractivity contribution in [2.45, 2.75) is 59.4 Å². The molecule has 0 aliphatic rings. The molecule has 1 aromatic carbocycles. The van der Waals surface area contributed by atoms with Gasteiger partial charge in [-0.1, -0.05) is 33.6 Å². The zero-order chi connectivity index (χ0) is 17.1. The highest BCUT2D eigenvalue weighted by molar-refractivity contribution is 5.36. The van der Waals surface area contributed by atoms with Gasteiger partial charge in [0, 0.05) is 0 Å². The van der Waals surface area contributed by atoms with E-state index < -0.39 is 0 Å². The first-order valence-electron chi connectivity index (χ1n) is 8.58. The van der Waals surface area contributed by atoms with E-state index >= 15 is 0 Å². The first-order chi connectivity index (χ1) is 10.8. The molecule has 0 unspecified atom stereocenters. The molecule has 0 aliphatic carbocycles. The molecular weight excluding hydrogens is 284 g/mol. The second kappa shape index (κ2) is 6.77. The molecule has 0 amide bonds. The molecule has 0 spiro atoms. The average molecular weight is 315 g/mol. The predicted octanol–water partition coefficient (Wildman–Crippen LogP) is 4.72. The van der Waals surface area contributed by atoms with Gasteiger partial charge >= 0.3 is 0 Å². The minimum Gasteiger partial charge on any atom is -0.497 e. The van der Waals surface area contributed by atoms with Crippen molar-refractivity contribution < 1.29 is 9.30 Å². The summed E-state index contributed by atoms with van der Waals surface area (Å²) in [5.41, 5.74) is 1.63. The molecule has 2 rings (SSSR count). The van der Waals surface area contributed by atoms with E-state index in [1.165, 1.54) is 19.3 Å². The SMILES string of the molecule is CCC(C)(CC)CC(C)(C)[n+]1ccn(-c2ccc(OC)cc2)c1. The van der Waals surface area contributed by atoms with Crippen LogP contribution in [0.4, 0.5) is 0 Å². The summed E-state index contributed by atoms with van der Waals surface area (Å²) in [6.07, 6.45) is 10.1. The Labute approximate surface area is 140 Å². The Kier molecular flexibility index (Phi) is 5.18. The van der Waals surface area contributed by atoms with Gasteiger partial charge in [0.2, 0.25) is 6.33 Å². The van der Waals surface area contributed by atoms with Gasteiger partial charge in [0.25, 0.3) is 0 Å². The Hall–Kier alpha value is -1.77. The lowest BCUT2D eigenvalue weighted by molar-refractivity contribution is -0.759. The molecule has 1 aromatic heterocycles. The van der Waals surface area contributed by atoms with E-state index in [-0.39, 0.29) is 5.54 Å². The van der Waals surface area contributed by atoms with Crippen molar-refractivity contribution in [1.29, 1.82) is 0 Å². The average Bonchev–Trinajstić information content (AvgIpc) is 3.05. The first-order valence-corrected chi connectivity index (χ1v) is 8.58. The van der Waals surface area contributed by atoms with E-state index in [9.17, 15) is 0 Å². The standard InChI is InChI=1S/C20H31N2O/c1-7-20(5,8-2)15-19(3,4)22-14-13-21(16-22)17-9-11-18(23-6)12-10-17/h9-14,16H,7-8,15H2,1-6H3/q+1. The van der Waals surface area contributed by atoms with Crippen molar-refractivity contribution >= 4 is 0 Å². The van der Waals surface area contributed by atoms with Gasteiger partial charge in [-0.2, -0.15) is 0 Å². The maximum atomic E-state index is 5.23. The van der Waals surface area contributed by atoms with E-state index in [1.54, 1.807) is 7.11 Å². The maximum Gasteiger partial charge on any atom is 0.249 e. The molecular formula is C20H31N2O+. The monoisotopic (exact) mass is 315 g/mol. The number of imidazole rings is 1. The smallest absolute Gasteiger partial charge is 0.249 e. The van der Waals surface area contributed by atoms with E-state index in [0.717, 1.165) is 11.4 Å². The van der Waals surface area contributed by atoms with Crippen LogP contribution in [0.15, 0.2) is 43.0 Å². The highest BCUT2D eigenvalue weighted by Gasteiger charge is 2.34. The van der Waals surface area contributed by atoms with E-state index in [4.69, 9.17) is 4.74 Å². The van der Waals surface area contributed by atoms with Gasteiger partial charge in [-0.25, -0.2) is 9.13 Å². The Bertz CT molecular complexity index is 621. The van der Waals surface area contributed by atoms with E-state index in [0.29, 0.717) is 5.41 Å². The fraction of sp³-hybridized carbons (Fsp3) is 0.550. The van der Waals surface area contributed by atoms with Crippen molar-refractivity contribution in [2.24, 2.45) is 5.41 Å². The summed E-state index contributed by atoms with van der Waals surface area (Å²) >= 11 is 0. The number of aromatic nitrogens is 2. The minimum atomic E-state index is 0.0957. The van der Waals surface area contributed by atoms with Crippen molar-refractivity contribution in [1.82, 2.24) is 4.57 Å². The number of benzene rings is 1. The van der Waals surface area contributed by atoms with Crippen LogP contribution in [0.2, 0.25) is 0 Å². The van der Waals surface area contributed by atoms with Crippen LogP contribution in [-0.4, -0.2) is 11.7 Å². The number of hydrogen-bond donors (Lipinski definition) is 0. The molecule has 0 aliphatic heterocycles. The van der Waals surface area contributed by atoms with Crippen molar-refractivity contribution in [3.8, 4) is 11.4 Å². The molecule has 126 valence electrons. The molecule has 1 heterocycles. The quantitative estimate of drug-likeness (QED) is 0.676. The summed E-state index contributed by atoms with van der Waals surface area (Å²) in [6, 6.07) is 8.16. The molecule has 2 aromatic rings. The fourth-order valence-corrected chi connectivity index (χ4v) is 3.26. The Morgan fingerprint density at radius 2 is 1.65 bits per heavy atom. The lowest BCUT2D eigenvalue weighted by Gasteiger charge is -2.34. The third-order valence-corrected chi connectivity index (χ3v) is 5.27. The topological polar surface area (TPSA) is 18.0 Å². The highest BCUT2D eigenvalue weighted by Crippen LogP contribution is 2.35. The molecule has 0 N–H and O–H groups in total. The summed E-state index contributed by atoms with van der Waals surface area (Å²) < 4.78 is 9.73. The summed E-state index contributed by atoms with van der Waals surface area (Å²) in [5, 5.41) is 0. The van der Waals surface area contributed by atoms with Gasteiger partial charge in [-0.05, 0) is 49.9 Å². The van der Waals surface area contributed by atoms with Gasteiger partial charge < -0.3 is 4.74 Å². The van der Waals surface area contributed by atoms with Crippen LogP contribution in [0.5, 0.6) is 5.75 Å². The van der Waals surface area contributed by atoms with Gasteiger partial charge in [0.1, 0.15) is 29.4 Å². The maximum absolute atomic E-state index is 5.23. The van der Waals surface area contributed by atoms with Crippen molar-refractivity contribution in [3.05, 3.63) is 43.0 Å². The Morgan fingerprint density at radius 1 is 1.04 bits per heavy atom. The van der Waals surface area contributed by atoms with Gasteiger partial charge in [0.05, 0.1) is 7.11 Å². The van der Waals surface area contributed by atoms with Crippen LogP contribution in [-0.2, 0) is 5.54 Å². The van der Waals surface area contributed by atoms with Crippen LogP contribution in [0, 0.1) is 5.41 Å². The molecule has 0 bridgehead atoms. The minimum absolute atomic E-state index is 0.0957. The zero-order valence-electron chi connectivity index (χ0n) is 15.5. The number of ether oxygens (including phenoxy) is 1. The third kappa shape index (κ3) is 3.95. The van der Waals surface area contributed by atoms with E-state index in [2.05, 4.69) is 74.6 Å². The molecule has 0 radical (unpaired) electrons. The van der Waals surface area contributed by atoms with Gasteiger partial charge in [-0.15, -0.1) is 0 Å². The lowest BCUT2D eigenvalue weighted by atomic mass is 9.74. The molecule has 3 nitrogen and oxygen atoms in total. The summed E-state index contributed by atoms with van der Waals surface area (Å²) in [5.74, 6) is 0.885. The number of methoxy groups -OCH3 is 1. The largest absolute Gasteiger partial charge is 0.497 e. The Morgan fingerprint density at radius 3 is 2.17 bits per heavy atom. The Balaban J connectivity index is 2.23. The summed E-state index contributed by atoms with van der Waals surface area (Å²) in [4.78, 5) is 0.